The SMILES string of the molecule is Cc1cccc(C(=O)N2CCCC[C@H]2c2cn3nc(Cl)ccc3n2)n1.Cc1cccc(C(=O)O)n1.Clc1ccc2nc([C@@H]3CCCCN3)cn2n1. The van der Waals surface area contributed by atoms with E-state index in [2.05, 4.69) is 35.5 Å². The summed E-state index contributed by atoms with van der Waals surface area (Å²) in [7, 11) is 0. The summed E-state index contributed by atoms with van der Waals surface area (Å²) in [6, 6.07) is 17.9. The Kier molecular flexibility index (Phi) is 11.5. The number of fused-ring (bicyclic) bond motifs is 2. The van der Waals surface area contributed by atoms with Crippen LogP contribution in [0, 0.1) is 13.8 Å². The van der Waals surface area contributed by atoms with Crippen molar-refractivity contribution in [1.82, 2.24) is 49.4 Å². The minimum atomic E-state index is -0.983. The number of rotatable bonds is 4. The van der Waals surface area contributed by atoms with E-state index in [-0.39, 0.29) is 17.6 Å². The highest BCUT2D eigenvalue weighted by Gasteiger charge is 2.31. The average Bonchev–Trinajstić information content (AvgIpc) is 3.76. The fraction of sp³-hybridized carbons (Fsp3) is 0.333. The van der Waals surface area contributed by atoms with E-state index in [1.165, 1.54) is 18.9 Å². The maximum Gasteiger partial charge on any atom is 0.354 e. The summed E-state index contributed by atoms with van der Waals surface area (Å²) < 4.78 is 3.41. The van der Waals surface area contributed by atoms with Crippen LogP contribution in [0.2, 0.25) is 10.3 Å². The number of carboxylic acid groups (broad SMARTS) is 1. The van der Waals surface area contributed by atoms with Crippen molar-refractivity contribution >= 4 is 46.4 Å². The number of likely N-dealkylation sites (tertiary alicyclic amines) is 1. The fourth-order valence-electron chi connectivity index (χ4n) is 6.14. The molecule has 0 radical (unpaired) electrons. The van der Waals surface area contributed by atoms with Gasteiger partial charge in [-0.1, -0.05) is 41.8 Å². The molecule has 6 aromatic rings. The van der Waals surface area contributed by atoms with Crippen LogP contribution < -0.4 is 5.32 Å². The minimum Gasteiger partial charge on any atom is -0.477 e. The first-order chi connectivity index (χ1) is 24.6. The van der Waals surface area contributed by atoms with Gasteiger partial charge < -0.3 is 15.3 Å². The Bertz CT molecular complexity index is 2150. The van der Waals surface area contributed by atoms with E-state index >= 15 is 0 Å². The molecule has 15 heteroatoms. The summed E-state index contributed by atoms with van der Waals surface area (Å²) in [5.41, 5.74) is 5.63. The molecule has 0 aromatic carbocycles. The first-order valence-electron chi connectivity index (χ1n) is 16.8. The number of nitrogens with zero attached hydrogens (tertiary/aromatic N) is 9. The quantitative estimate of drug-likeness (QED) is 0.199. The lowest BCUT2D eigenvalue weighted by atomic mass is 9.99. The molecule has 0 unspecified atom stereocenters. The first kappa shape index (κ1) is 35.8. The van der Waals surface area contributed by atoms with Crippen molar-refractivity contribution in [2.24, 2.45) is 0 Å². The Morgan fingerprint density at radius 2 is 1.31 bits per heavy atom. The Morgan fingerprint density at radius 3 is 1.90 bits per heavy atom. The molecular weight excluding hydrogens is 691 g/mol. The molecule has 0 aliphatic carbocycles. The zero-order valence-corrected chi connectivity index (χ0v) is 29.8. The summed E-state index contributed by atoms with van der Waals surface area (Å²) >= 11 is 11.8. The van der Waals surface area contributed by atoms with E-state index in [1.807, 2.05) is 48.5 Å². The van der Waals surface area contributed by atoms with Crippen LogP contribution in [0.1, 0.15) is 94.4 Å². The molecule has 0 bridgehead atoms. The molecule has 264 valence electrons. The molecule has 6 aromatic heterocycles. The Labute approximate surface area is 304 Å². The second-order valence-electron chi connectivity index (χ2n) is 12.4. The number of pyridine rings is 2. The Balaban J connectivity index is 0.000000147. The topological polar surface area (TPSA) is 156 Å². The molecule has 8 heterocycles. The lowest BCUT2D eigenvalue weighted by Crippen LogP contribution is -2.39. The van der Waals surface area contributed by atoms with Crippen LogP contribution in [0.25, 0.3) is 11.3 Å². The van der Waals surface area contributed by atoms with Gasteiger partial charge in [-0.05, 0) is 101 Å². The number of aryl methyl sites for hydroxylation is 2. The van der Waals surface area contributed by atoms with Gasteiger partial charge in [0, 0.05) is 17.9 Å². The van der Waals surface area contributed by atoms with Gasteiger partial charge in [0.1, 0.15) is 21.7 Å². The Morgan fingerprint density at radius 1 is 0.725 bits per heavy atom. The first-order valence-corrected chi connectivity index (χ1v) is 17.6. The number of piperidine rings is 2. The standard InChI is InChI=1S/C18H18ClN5O.C11H13ClN4.C7H7NO2/c1-12-5-4-6-13(20-12)18(25)23-10-3-2-7-15(23)14-11-24-17(21-14)9-8-16(19)22-24;12-10-4-5-11-14-9(7-16(11)15-10)8-3-1-2-6-13-8;1-5-3-2-4-6(8-5)7(9)10/h4-6,8-9,11,15H,2-3,7,10H2,1H3;4-5,7-8,13H,1-3,6H2;2-4H,1H3,(H,9,10)/t15-;8-;/m00./s1. The van der Waals surface area contributed by atoms with Crippen LogP contribution in [-0.2, 0) is 0 Å². The van der Waals surface area contributed by atoms with E-state index in [9.17, 15) is 9.59 Å². The zero-order valence-electron chi connectivity index (χ0n) is 28.3. The van der Waals surface area contributed by atoms with Crippen molar-refractivity contribution in [3.63, 3.8) is 0 Å². The average molecular weight is 730 g/mol. The summed E-state index contributed by atoms with van der Waals surface area (Å²) in [5, 5.41) is 21.2. The van der Waals surface area contributed by atoms with E-state index in [0.29, 0.717) is 28.6 Å². The maximum absolute atomic E-state index is 13.0. The van der Waals surface area contributed by atoms with Crippen LogP contribution in [0.4, 0.5) is 0 Å². The number of hydrogen-bond acceptors (Lipinski definition) is 9. The smallest absolute Gasteiger partial charge is 0.354 e. The highest BCUT2D eigenvalue weighted by Crippen LogP contribution is 2.31. The highest BCUT2D eigenvalue weighted by atomic mass is 35.5. The van der Waals surface area contributed by atoms with Crippen LogP contribution in [0.3, 0.4) is 0 Å². The third-order valence-electron chi connectivity index (χ3n) is 8.60. The van der Waals surface area contributed by atoms with E-state index < -0.39 is 5.97 Å². The lowest BCUT2D eigenvalue weighted by Gasteiger charge is -2.34. The number of carboxylic acids is 1. The minimum absolute atomic E-state index is 0.0450. The van der Waals surface area contributed by atoms with Crippen molar-refractivity contribution < 1.29 is 14.7 Å². The molecule has 51 heavy (non-hydrogen) atoms. The van der Waals surface area contributed by atoms with E-state index in [0.717, 1.165) is 66.3 Å². The van der Waals surface area contributed by atoms with Crippen molar-refractivity contribution in [1.29, 1.82) is 0 Å². The Hall–Kier alpha value is -4.98. The number of nitrogens with one attached hydrogen (secondary N) is 1. The number of carbonyl (C=O) groups is 2. The number of amides is 1. The second-order valence-corrected chi connectivity index (χ2v) is 13.2. The molecule has 0 spiro atoms. The summed E-state index contributed by atoms with van der Waals surface area (Å²) in [4.78, 5) is 42.5. The molecular formula is C36H38Cl2N10O3. The number of imidazole rings is 2. The molecule has 0 saturated carbocycles. The van der Waals surface area contributed by atoms with Gasteiger partial charge in [0.2, 0.25) is 0 Å². The van der Waals surface area contributed by atoms with Crippen LogP contribution in [0.5, 0.6) is 0 Å². The normalized spacial score (nSPS) is 17.3. The fourth-order valence-corrected chi connectivity index (χ4v) is 6.43. The van der Waals surface area contributed by atoms with Gasteiger partial charge in [0.15, 0.2) is 11.3 Å². The van der Waals surface area contributed by atoms with Gasteiger partial charge in [-0.25, -0.2) is 33.8 Å². The summed E-state index contributed by atoms with van der Waals surface area (Å²) in [6.45, 7) is 5.43. The number of carbonyl (C=O) groups excluding carboxylic acids is 1. The van der Waals surface area contributed by atoms with Crippen LogP contribution >= 0.6 is 23.2 Å². The van der Waals surface area contributed by atoms with Gasteiger partial charge in [-0.2, -0.15) is 10.2 Å². The molecule has 2 fully saturated rings. The van der Waals surface area contributed by atoms with Crippen LogP contribution in [-0.4, -0.2) is 74.1 Å². The largest absolute Gasteiger partial charge is 0.477 e. The summed E-state index contributed by atoms with van der Waals surface area (Å²) in [6.07, 6.45) is 10.4. The predicted octanol–water partition coefficient (Wildman–Crippen LogP) is 6.74. The van der Waals surface area contributed by atoms with Gasteiger partial charge in [-0.15, -0.1) is 0 Å². The second kappa shape index (κ2) is 16.4. The molecule has 13 nitrogen and oxygen atoms in total. The van der Waals surface area contributed by atoms with Crippen LogP contribution in [0.15, 0.2) is 73.1 Å². The monoisotopic (exact) mass is 728 g/mol. The van der Waals surface area contributed by atoms with Crippen molar-refractivity contribution in [3.05, 3.63) is 118 Å². The van der Waals surface area contributed by atoms with Crippen molar-refractivity contribution in [3.8, 4) is 0 Å². The van der Waals surface area contributed by atoms with Gasteiger partial charge in [0.05, 0.1) is 35.9 Å². The molecule has 1 amide bonds. The highest BCUT2D eigenvalue weighted by molar-refractivity contribution is 6.29. The molecule has 2 N–H and O–H groups in total. The third kappa shape index (κ3) is 9.04. The zero-order chi connectivity index (χ0) is 35.9. The number of halogens is 2. The molecule has 2 saturated heterocycles. The molecule has 2 aliphatic rings. The molecule has 8 rings (SSSR count). The van der Waals surface area contributed by atoms with Gasteiger partial charge in [-0.3, -0.25) is 4.79 Å². The van der Waals surface area contributed by atoms with E-state index in [4.69, 9.17) is 28.3 Å². The summed E-state index contributed by atoms with van der Waals surface area (Å²) in [5.74, 6) is -1.03. The third-order valence-corrected chi connectivity index (χ3v) is 9.00. The van der Waals surface area contributed by atoms with Crippen molar-refractivity contribution in [2.45, 2.75) is 64.5 Å². The number of aromatic carboxylic acids is 1. The number of hydrogen-bond donors (Lipinski definition) is 2. The number of aromatic nitrogens is 8. The van der Waals surface area contributed by atoms with Crippen molar-refractivity contribution in [2.75, 3.05) is 13.1 Å². The maximum atomic E-state index is 13.0. The lowest BCUT2D eigenvalue weighted by molar-refractivity contribution is 0.0599. The van der Waals surface area contributed by atoms with E-state index in [1.54, 1.807) is 46.3 Å². The molecule has 2 atom stereocenters. The predicted molar refractivity (Wildman–Crippen MR) is 193 cm³/mol. The molecule has 2 aliphatic heterocycles. The van der Waals surface area contributed by atoms with Gasteiger partial charge in [0.25, 0.3) is 5.91 Å². The van der Waals surface area contributed by atoms with Gasteiger partial charge >= 0.3 is 5.97 Å².